The van der Waals surface area contributed by atoms with Gasteiger partial charge < -0.3 is 0 Å². The van der Waals surface area contributed by atoms with Crippen LogP contribution in [-0.4, -0.2) is 9.72 Å². The third kappa shape index (κ3) is 2.48. The minimum absolute atomic E-state index is 0.477. The third-order valence-electron chi connectivity index (χ3n) is 2.79. The van der Waals surface area contributed by atoms with Crippen molar-refractivity contribution in [1.29, 1.82) is 0 Å². The average molecular weight is 396 g/mol. The van der Waals surface area contributed by atoms with Crippen LogP contribution in [-0.2, 0) is 0 Å². The molecule has 0 spiro atoms. The number of hydrogen-bond donors (Lipinski definition) is 0. The fraction of sp³-hybridized carbons (Fsp3) is 0. The Kier molecular flexibility index (Phi) is 3.58. The molecule has 0 fully saturated rings. The molecule has 3 rings (SSSR count). The lowest BCUT2D eigenvalue weighted by Gasteiger charge is -2.04. The molecule has 0 N–H and O–H groups in total. The molecule has 0 atom stereocenters. The molecule has 100 valence electrons. The van der Waals surface area contributed by atoms with E-state index in [0.29, 0.717) is 11.5 Å². The van der Waals surface area contributed by atoms with Gasteiger partial charge in [0.05, 0.1) is 5.69 Å². The lowest BCUT2D eigenvalue weighted by molar-refractivity contribution is 0.383. The van der Waals surface area contributed by atoms with Crippen molar-refractivity contribution in [1.82, 2.24) is 9.72 Å². The van der Waals surface area contributed by atoms with Gasteiger partial charge in [-0.2, -0.15) is 0 Å². The second-order valence-corrected chi connectivity index (χ2v) is 5.92. The molecule has 0 aliphatic carbocycles. The van der Waals surface area contributed by atoms with Crippen LogP contribution in [0.4, 0.5) is 0 Å². The molecule has 0 aliphatic heterocycles. The van der Waals surface area contributed by atoms with Gasteiger partial charge in [0.25, 0.3) is 0 Å². The molecule has 0 unspecified atom stereocenters. The van der Waals surface area contributed by atoms with Gasteiger partial charge in [0, 0.05) is 14.5 Å². The number of halogens is 2. The van der Waals surface area contributed by atoms with Gasteiger partial charge in [-0.15, -0.1) is 0 Å². The van der Waals surface area contributed by atoms with Crippen molar-refractivity contribution in [3.63, 3.8) is 0 Å². The van der Waals surface area contributed by atoms with Crippen LogP contribution < -0.4 is 5.76 Å². The van der Waals surface area contributed by atoms with Crippen molar-refractivity contribution in [2.45, 2.75) is 0 Å². The predicted molar refractivity (Wildman–Crippen MR) is 82.9 cm³/mol. The number of rotatable bonds is 2. The average Bonchev–Trinajstić information content (AvgIpc) is 2.83. The van der Waals surface area contributed by atoms with E-state index in [1.165, 1.54) is 4.57 Å². The molecule has 6 heteroatoms. The molecular formula is C14H8Br2N2O2. The van der Waals surface area contributed by atoms with Gasteiger partial charge in [-0.3, -0.25) is 4.52 Å². The quantitative estimate of drug-likeness (QED) is 0.658. The fourth-order valence-electron chi connectivity index (χ4n) is 1.85. The van der Waals surface area contributed by atoms with Crippen LogP contribution >= 0.6 is 31.9 Å². The summed E-state index contributed by atoms with van der Waals surface area (Å²) in [5.74, 6) is -0.0323. The van der Waals surface area contributed by atoms with E-state index in [1.54, 1.807) is 0 Å². The SMILES string of the molecule is O=c1onc(-c2ccc(Br)cc2)n1-c1ccc(Br)cc1. The summed E-state index contributed by atoms with van der Waals surface area (Å²) in [4.78, 5) is 11.9. The molecule has 0 aliphatic rings. The van der Waals surface area contributed by atoms with Crippen LogP contribution in [0.1, 0.15) is 0 Å². The third-order valence-corrected chi connectivity index (χ3v) is 3.85. The summed E-state index contributed by atoms with van der Waals surface area (Å²) < 4.78 is 8.14. The number of nitrogens with zero attached hydrogens (tertiary/aromatic N) is 2. The maximum absolute atomic E-state index is 11.9. The lowest BCUT2D eigenvalue weighted by atomic mass is 10.2. The van der Waals surface area contributed by atoms with Crippen molar-refractivity contribution in [2.24, 2.45) is 0 Å². The first-order valence-electron chi connectivity index (χ1n) is 5.76. The molecule has 0 saturated heterocycles. The Hall–Kier alpha value is -1.66. The Morgan fingerprint density at radius 2 is 1.45 bits per heavy atom. The zero-order valence-electron chi connectivity index (χ0n) is 10.1. The molecule has 0 bridgehead atoms. The summed E-state index contributed by atoms with van der Waals surface area (Å²) in [5.41, 5.74) is 1.51. The highest BCUT2D eigenvalue weighted by Gasteiger charge is 2.14. The molecule has 0 amide bonds. The van der Waals surface area contributed by atoms with E-state index in [1.807, 2.05) is 48.5 Å². The van der Waals surface area contributed by atoms with Crippen LogP contribution in [0.5, 0.6) is 0 Å². The van der Waals surface area contributed by atoms with E-state index in [0.717, 1.165) is 14.5 Å². The number of benzene rings is 2. The van der Waals surface area contributed by atoms with Gasteiger partial charge in [0.15, 0.2) is 5.82 Å². The minimum atomic E-state index is -0.509. The summed E-state index contributed by atoms with van der Waals surface area (Å²) in [6.45, 7) is 0. The van der Waals surface area contributed by atoms with Crippen molar-refractivity contribution in [2.75, 3.05) is 0 Å². The number of hydrogen-bond acceptors (Lipinski definition) is 3. The summed E-state index contributed by atoms with van der Waals surface area (Å²) in [6.07, 6.45) is 0. The van der Waals surface area contributed by atoms with Crippen molar-refractivity contribution in [3.05, 3.63) is 68.0 Å². The predicted octanol–water partition coefficient (Wildman–Crippen LogP) is 4.02. The molecule has 20 heavy (non-hydrogen) atoms. The first-order valence-corrected chi connectivity index (χ1v) is 7.34. The van der Waals surface area contributed by atoms with E-state index in [-0.39, 0.29) is 0 Å². The molecule has 3 aromatic rings. The molecule has 0 radical (unpaired) electrons. The van der Waals surface area contributed by atoms with Crippen molar-refractivity contribution < 1.29 is 4.52 Å². The summed E-state index contributed by atoms with van der Waals surface area (Å²) >= 11 is 6.74. The largest absolute Gasteiger partial charge is 0.446 e. The lowest BCUT2D eigenvalue weighted by Crippen LogP contribution is -2.13. The Morgan fingerprint density at radius 1 is 0.900 bits per heavy atom. The van der Waals surface area contributed by atoms with E-state index >= 15 is 0 Å². The standard InChI is InChI=1S/C14H8Br2N2O2/c15-10-3-1-9(2-4-10)13-17-20-14(19)18(13)12-7-5-11(16)6-8-12/h1-8H. The number of aromatic nitrogens is 2. The Bertz CT molecular complexity index is 789. The van der Waals surface area contributed by atoms with E-state index in [9.17, 15) is 4.79 Å². The van der Waals surface area contributed by atoms with Gasteiger partial charge >= 0.3 is 5.76 Å². The van der Waals surface area contributed by atoms with Crippen LogP contribution in [0.2, 0.25) is 0 Å². The molecule has 0 saturated carbocycles. The first-order chi connectivity index (χ1) is 9.65. The monoisotopic (exact) mass is 394 g/mol. The van der Waals surface area contributed by atoms with Crippen molar-refractivity contribution in [3.8, 4) is 17.1 Å². The maximum Gasteiger partial charge on any atom is 0.446 e. The normalized spacial score (nSPS) is 10.7. The molecule has 1 aromatic heterocycles. The minimum Gasteiger partial charge on any atom is -0.295 e. The van der Waals surface area contributed by atoms with Gasteiger partial charge in [0.1, 0.15) is 0 Å². The smallest absolute Gasteiger partial charge is 0.295 e. The summed E-state index contributed by atoms with van der Waals surface area (Å²) in [6, 6.07) is 14.9. The summed E-state index contributed by atoms with van der Waals surface area (Å²) in [7, 11) is 0. The maximum atomic E-state index is 11.9. The zero-order chi connectivity index (χ0) is 14.1. The van der Waals surface area contributed by atoms with Crippen LogP contribution in [0.15, 0.2) is 66.8 Å². The first kappa shape index (κ1) is 13.3. The van der Waals surface area contributed by atoms with Gasteiger partial charge in [-0.1, -0.05) is 37.0 Å². The zero-order valence-corrected chi connectivity index (χ0v) is 13.3. The van der Waals surface area contributed by atoms with Gasteiger partial charge in [-0.05, 0) is 48.5 Å². The van der Waals surface area contributed by atoms with Crippen molar-refractivity contribution >= 4 is 31.9 Å². The molecule has 1 heterocycles. The highest BCUT2D eigenvalue weighted by molar-refractivity contribution is 9.10. The van der Waals surface area contributed by atoms with Crippen LogP contribution in [0.3, 0.4) is 0 Å². The van der Waals surface area contributed by atoms with E-state index < -0.39 is 5.76 Å². The van der Waals surface area contributed by atoms with Gasteiger partial charge in [-0.25, -0.2) is 9.36 Å². The highest BCUT2D eigenvalue weighted by Crippen LogP contribution is 2.22. The molecule has 2 aromatic carbocycles. The molecular weight excluding hydrogens is 388 g/mol. The Labute approximate surface area is 131 Å². The van der Waals surface area contributed by atoms with Gasteiger partial charge in [0.2, 0.25) is 0 Å². The Balaban J connectivity index is 2.17. The van der Waals surface area contributed by atoms with E-state index in [2.05, 4.69) is 37.0 Å². The van der Waals surface area contributed by atoms with Crippen LogP contribution in [0, 0.1) is 0 Å². The highest BCUT2D eigenvalue weighted by atomic mass is 79.9. The second kappa shape index (κ2) is 5.38. The van der Waals surface area contributed by atoms with Crippen LogP contribution in [0.25, 0.3) is 17.1 Å². The molecule has 4 nitrogen and oxygen atoms in total. The Morgan fingerprint density at radius 3 is 2.05 bits per heavy atom. The van der Waals surface area contributed by atoms with E-state index in [4.69, 9.17) is 4.52 Å². The second-order valence-electron chi connectivity index (χ2n) is 4.09. The fourth-order valence-corrected chi connectivity index (χ4v) is 2.38. The topological polar surface area (TPSA) is 48.0 Å². The summed E-state index contributed by atoms with van der Waals surface area (Å²) in [5, 5.41) is 3.86.